The summed E-state index contributed by atoms with van der Waals surface area (Å²) in [6.07, 6.45) is 1.82. The molecule has 2 aliphatic rings. The lowest BCUT2D eigenvalue weighted by Crippen LogP contribution is -2.51. The predicted molar refractivity (Wildman–Crippen MR) is 94.7 cm³/mol. The number of nitrogens with zero attached hydrogens (tertiary/aromatic N) is 3. The first kappa shape index (κ1) is 18.6. The molecule has 0 aromatic carbocycles. The van der Waals surface area contributed by atoms with Crippen LogP contribution < -0.4 is 10.6 Å². The molecule has 2 rings (SSSR count). The maximum absolute atomic E-state index is 12.3. The Balaban J connectivity index is 1.51. The van der Waals surface area contributed by atoms with Crippen LogP contribution in [0.25, 0.3) is 0 Å². The van der Waals surface area contributed by atoms with Crippen LogP contribution in [0.4, 0.5) is 0 Å². The van der Waals surface area contributed by atoms with Crippen LogP contribution in [0.15, 0.2) is 0 Å². The summed E-state index contributed by atoms with van der Waals surface area (Å²) in [5.41, 5.74) is 0. The Labute approximate surface area is 141 Å². The van der Waals surface area contributed by atoms with Crippen molar-refractivity contribution in [1.82, 2.24) is 25.3 Å². The number of hydrogen-bond acceptors (Lipinski definition) is 5. The highest BCUT2D eigenvalue weighted by atomic mass is 16.2. The summed E-state index contributed by atoms with van der Waals surface area (Å²) in [6, 6.07) is 0.638. The number of carbonyl (C=O) groups excluding carboxylic acids is 1. The maximum Gasteiger partial charge on any atom is 0.223 e. The van der Waals surface area contributed by atoms with Gasteiger partial charge in [0.2, 0.25) is 5.91 Å². The molecule has 6 heteroatoms. The third-order valence-corrected chi connectivity index (χ3v) is 5.21. The molecule has 0 aromatic rings. The quantitative estimate of drug-likeness (QED) is 0.606. The van der Waals surface area contributed by atoms with E-state index in [4.69, 9.17) is 0 Å². The summed E-state index contributed by atoms with van der Waals surface area (Å²) in [5, 5.41) is 6.78. The first-order valence-corrected chi connectivity index (χ1v) is 9.36. The van der Waals surface area contributed by atoms with Crippen molar-refractivity contribution in [3.05, 3.63) is 0 Å². The highest BCUT2D eigenvalue weighted by molar-refractivity contribution is 5.76. The van der Waals surface area contributed by atoms with Gasteiger partial charge in [-0.15, -0.1) is 0 Å². The standard InChI is InChI=1S/C17H35N5O/c1-3-16(2)21-12-14-22(15-13-21)17(23)4-5-18-6-9-20-10-7-19-8-11-20/h16,18-19H,3-15H2,1-2H3. The molecule has 0 bridgehead atoms. The number of piperazine rings is 2. The van der Waals surface area contributed by atoms with Crippen molar-refractivity contribution >= 4 is 5.91 Å². The average molecular weight is 326 g/mol. The molecule has 2 fully saturated rings. The van der Waals surface area contributed by atoms with Crippen molar-refractivity contribution in [3.8, 4) is 0 Å². The Kier molecular flexibility index (Phi) is 8.30. The second-order valence-corrected chi connectivity index (χ2v) is 6.77. The average Bonchev–Trinajstić information content (AvgIpc) is 2.61. The van der Waals surface area contributed by atoms with Crippen LogP contribution in [0.1, 0.15) is 26.7 Å². The highest BCUT2D eigenvalue weighted by Gasteiger charge is 2.22. The monoisotopic (exact) mass is 325 g/mol. The molecule has 1 atom stereocenters. The highest BCUT2D eigenvalue weighted by Crippen LogP contribution is 2.09. The smallest absolute Gasteiger partial charge is 0.223 e. The Morgan fingerprint density at radius 3 is 2.43 bits per heavy atom. The van der Waals surface area contributed by atoms with Crippen molar-refractivity contribution in [1.29, 1.82) is 0 Å². The van der Waals surface area contributed by atoms with E-state index in [-0.39, 0.29) is 0 Å². The molecule has 2 saturated heterocycles. The molecule has 23 heavy (non-hydrogen) atoms. The third kappa shape index (κ3) is 6.37. The Bertz CT molecular complexity index is 338. The van der Waals surface area contributed by atoms with Crippen LogP contribution >= 0.6 is 0 Å². The van der Waals surface area contributed by atoms with E-state index in [2.05, 4.69) is 34.3 Å². The zero-order chi connectivity index (χ0) is 16.5. The zero-order valence-corrected chi connectivity index (χ0v) is 15.0. The van der Waals surface area contributed by atoms with Gasteiger partial charge in [-0.1, -0.05) is 6.92 Å². The SMILES string of the molecule is CCC(C)N1CCN(C(=O)CCNCCN2CCNCC2)CC1. The molecule has 1 amide bonds. The number of hydrogen-bond donors (Lipinski definition) is 2. The van der Waals surface area contributed by atoms with E-state index in [0.29, 0.717) is 18.4 Å². The summed E-state index contributed by atoms with van der Waals surface area (Å²) in [6.45, 7) is 15.7. The molecule has 0 aliphatic carbocycles. The van der Waals surface area contributed by atoms with Gasteiger partial charge < -0.3 is 15.5 Å². The Hall–Kier alpha value is -0.690. The largest absolute Gasteiger partial charge is 0.340 e. The van der Waals surface area contributed by atoms with E-state index in [0.717, 1.165) is 72.0 Å². The minimum atomic E-state index is 0.309. The first-order valence-electron chi connectivity index (χ1n) is 9.36. The number of rotatable bonds is 8. The summed E-state index contributed by atoms with van der Waals surface area (Å²) in [7, 11) is 0. The molecule has 6 nitrogen and oxygen atoms in total. The first-order chi connectivity index (χ1) is 11.2. The molecule has 2 aliphatic heterocycles. The van der Waals surface area contributed by atoms with Gasteiger partial charge in [-0.05, 0) is 13.3 Å². The van der Waals surface area contributed by atoms with Gasteiger partial charge >= 0.3 is 0 Å². The van der Waals surface area contributed by atoms with E-state index in [1.807, 2.05) is 4.90 Å². The van der Waals surface area contributed by atoms with Crippen LogP contribution in [0.3, 0.4) is 0 Å². The van der Waals surface area contributed by atoms with Crippen molar-refractivity contribution in [2.45, 2.75) is 32.7 Å². The van der Waals surface area contributed by atoms with Gasteiger partial charge in [-0.3, -0.25) is 14.6 Å². The number of carbonyl (C=O) groups is 1. The Morgan fingerprint density at radius 2 is 1.78 bits per heavy atom. The number of amides is 1. The molecule has 0 radical (unpaired) electrons. The van der Waals surface area contributed by atoms with Crippen LogP contribution in [0.5, 0.6) is 0 Å². The lowest BCUT2D eigenvalue weighted by molar-refractivity contribution is -0.133. The fourth-order valence-electron chi connectivity index (χ4n) is 3.32. The lowest BCUT2D eigenvalue weighted by atomic mass is 10.2. The van der Waals surface area contributed by atoms with Crippen molar-refractivity contribution in [3.63, 3.8) is 0 Å². The molecular formula is C17H35N5O. The zero-order valence-electron chi connectivity index (χ0n) is 15.0. The Morgan fingerprint density at radius 1 is 1.09 bits per heavy atom. The van der Waals surface area contributed by atoms with Gasteiger partial charge in [0.05, 0.1) is 0 Å². The summed E-state index contributed by atoms with van der Waals surface area (Å²) in [5.74, 6) is 0.309. The van der Waals surface area contributed by atoms with Crippen LogP contribution in [0.2, 0.25) is 0 Å². The van der Waals surface area contributed by atoms with E-state index >= 15 is 0 Å². The fraction of sp³-hybridized carbons (Fsp3) is 0.941. The van der Waals surface area contributed by atoms with Gasteiger partial charge in [0, 0.05) is 84.5 Å². The van der Waals surface area contributed by atoms with Crippen molar-refractivity contribution in [2.75, 3.05) is 72.0 Å². The normalized spacial score (nSPS) is 22.3. The second kappa shape index (κ2) is 10.2. The minimum absolute atomic E-state index is 0.309. The molecule has 0 saturated carbocycles. The summed E-state index contributed by atoms with van der Waals surface area (Å²) < 4.78 is 0. The predicted octanol–water partition coefficient (Wildman–Crippen LogP) is -0.186. The van der Waals surface area contributed by atoms with E-state index in [1.165, 1.54) is 6.42 Å². The minimum Gasteiger partial charge on any atom is -0.340 e. The molecule has 2 heterocycles. The van der Waals surface area contributed by atoms with Gasteiger partial charge in [0.15, 0.2) is 0 Å². The molecule has 1 unspecified atom stereocenters. The molecule has 0 aromatic heterocycles. The van der Waals surface area contributed by atoms with E-state index in [9.17, 15) is 4.79 Å². The van der Waals surface area contributed by atoms with E-state index < -0.39 is 0 Å². The molecule has 0 spiro atoms. The van der Waals surface area contributed by atoms with Crippen LogP contribution in [-0.4, -0.2) is 98.6 Å². The topological polar surface area (TPSA) is 50.9 Å². The third-order valence-electron chi connectivity index (χ3n) is 5.21. The molecule has 2 N–H and O–H groups in total. The number of nitrogens with one attached hydrogen (secondary N) is 2. The molecule has 134 valence electrons. The van der Waals surface area contributed by atoms with Gasteiger partial charge in [0.25, 0.3) is 0 Å². The van der Waals surface area contributed by atoms with Crippen molar-refractivity contribution in [2.24, 2.45) is 0 Å². The second-order valence-electron chi connectivity index (χ2n) is 6.77. The van der Waals surface area contributed by atoms with Crippen LogP contribution in [-0.2, 0) is 4.79 Å². The van der Waals surface area contributed by atoms with Crippen molar-refractivity contribution < 1.29 is 4.79 Å². The van der Waals surface area contributed by atoms with Gasteiger partial charge in [0.1, 0.15) is 0 Å². The maximum atomic E-state index is 12.3. The van der Waals surface area contributed by atoms with E-state index in [1.54, 1.807) is 0 Å². The van der Waals surface area contributed by atoms with Crippen LogP contribution in [0, 0.1) is 0 Å². The summed E-state index contributed by atoms with van der Waals surface area (Å²) in [4.78, 5) is 19.3. The lowest BCUT2D eigenvalue weighted by Gasteiger charge is -2.37. The fourth-order valence-corrected chi connectivity index (χ4v) is 3.32. The molecular weight excluding hydrogens is 290 g/mol. The van der Waals surface area contributed by atoms with Gasteiger partial charge in [-0.2, -0.15) is 0 Å². The summed E-state index contributed by atoms with van der Waals surface area (Å²) >= 11 is 0. The van der Waals surface area contributed by atoms with Gasteiger partial charge in [-0.25, -0.2) is 0 Å².